The molecule has 1 fully saturated rings. The molecule has 2 aromatic rings. The van der Waals surface area contributed by atoms with Gasteiger partial charge in [0.05, 0.1) is 24.5 Å². The molecule has 0 aromatic heterocycles. The first kappa shape index (κ1) is 25.2. The molecule has 0 radical (unpaired) electrons. The predicted molar refractivity (Wildman–Crippen MR) is 126 cm³/mol. The second kappa shape index (κ2) is 10.7. The lowest BCUT2D eigenvalue weighted by molar-refractivity contribution is -0.141. The Kier molecular flexibility index (Phi) is 8.15. The lowest BCUT2D eigenvalue weighted by atomic mass is 9.94. The Labute approximate surface area is 200 Å². The molecular formula is C24H29ClN2O5S. The maximum atomic E-state index is 13.2. The molecule has 0 aliphatic carbocycles. The summed E-state index contributed by atoms with van der Waals surface area (Å²) in [6.07, 6.45) is 0.909. The van der Waals surface area contributed by atoms with Gasteiger partial charge in [0.15, 0.2) is 0 Å². The summed E-state index contributed by atoms with van der Waals surface area (Å²) in [6.45, 7) is 5.00. The van der Waals surface area contributed by atoms with Crippen molar-refractivity contribution in [2.24, 2.45) is 11.8 Å². The van der Waals surface area contributed by atoms with Gasteiger partial charge in [0.25, 0.3) is 5.91 Å². The van der Waals surface area contributed by atoms with E-state index in [9.17, 15) is 18.0 Å². The Bertz CT molecular complexity index is 1090. The SMILES string of the molecule is COC(=O)CC(NC(=O)c1cccc(S(=O)(=O)N2CC(C)CC(C)C2)c1)c1ccc(Cl)cc1. The van der Waals surface area contributed by atoms with E-state index >= 15 is 0 Å². The fraction of sp³-hybridized carbons (Fsp3) is 0.417. The van der Waals surface area contributed by atoms with Gasteiger partial charge in [0.1, 0.15) is 0 Å². The van der Waals surface area contributed by atoms with Crippen LogP contribution in [0.15, 0.2) is 53.4 Å². The smallest absolute Gasteiger partial charge is 0.307 e. The number of sulfonamides is 1. The van der Waals surface area contributed by atoms with Crippen LogP contribution in [0.5, 0.6) is 0 Å². The molecule has 1 heterocycles. The molecule has 1 aliphatic rings. The number of benzene rings is 2. The Morgan fingerprint density at radius 1 is 1.12 bits per heavy atom. The van der Waals surface area contributed by atoms with E-state index < -0.39 is 27.9 Å². The van der Waals surface area contributed by atoms with Gasteiger partial charge >= 0.3 is 5.97 Å². The highest BCUT2D eigenvalue weighted by Gasteiger charge is 2.32. The summed E-state index contributed by atoms with van der Waals surface area (Å²) in [5.41, 5.74) is 0.872. The molecule has 0 spiro atoms. The van der Waals surface area contributed by atoms with Crippen LogP contribution in [0.4, 0.5) is 0 Å². The lowest BCUT2D eigenvalue weighted by Gasteiger charge is -2.34. The number of ether oxygens (including phenoxy) is 1. The molecule has 1 saturated heterocycles. The Morgan fingerprint density at radius 2 is 1.76 bits per heavy atom. The molecule has 178 valence electrons. The monoisotopic (exact) mass is 492 g/mol. The van der Waals surface area contributed by atoms with Crippen LogP contribution in [0.3, 0.4) is 0 Å². The van der Waals surface area contributed by atoms with Gasteiger partial charge in [-0.15, -0.1) is 0 Å². The van der Waals surface area contributed by atoms with Gasteiger partial charge in [-0.3, -0.25) is 9.59 Å². The van der Waals surface area contributed by atoms with Crippen LogP contribution in [0.25, 0.3) is 0 Å². The average Bonchev–Trinajstić information content (AvgIpc) is 2.78. The average molecular weight is 493 g/mol. The number of hydrogen-bond donors (Lipinski definition) is 1. The number of esters is 1. The highest BCUT2D eigenvalue weighted by Crippen LogP contribution is 2.27. The minimum absolute atomic E-state index is 0.0764. The Hall–Kier alpha value is -2.42. The highest BCUT2D eigenvalue weighted by atomic mass is 35.5. The van der Waals surface area contributed by atoms with Crippen LogP contribution in [-0.2, 0) is 19.6 Å². The Morgan fingerprint density at radius 3 is 2.36 bits per heavy atom. The van der Waals surface area contributed by atoms with E-state index in [1.165, 1.54) is 23.5 Å². The third kappa shape index (κ3) is 6.34. The molecule has 3 unspecified atom stereocenters. The van der Waals surface area contributed by atoms with E-state index in [1.807, 2.05) is 13.8 Å². The van der Waals surface area contributed by atoms with Gasteiger partial charge < -0.3 is 10.1 Å². The van der Waals surface area contributed by atoms with E-state index in [1.54, 1.807) is 36.4 Å². The normalized spacial score (nSPS) is 20.1. The van der Waals surface area contributed by atoms with E-state index in [2.05, 4.69) is 5.32 Å². The zero-order valence-electron chi connectivity index (χ0n) is 19.0. The van der Waals surface area contributed by atoms with Gasteiger partial charge in [0.2, 0.25) is 10.0 Å². The van der Waals surface area contributed by atoms with E-state index in [4.69, 9.17) is 16.3 Å². The van der Waals surface area contributed by atoms with Gasteiger partial charge in [-0.2, -0.15) is 4.31 Å². The summed E-state index contributed by atoms with van der Waals surface area (Å²) in [4.78, 5) is 25.0. The number of amides is 1. The van der Waals surface area contributed by atoms with E-state index in [-0.39, 0.29) is 28.7 Å². The van der Waals surface area contributed by atoms with E-state index in [0.29, 0.717) is 23.7 Å². The molecule has 3 atom stereocenters. The van der Waals surface area contributed by atoms with Crippen molar-refractivity contribution in [1.29, 1.82) is 0 Å². The number of nitrogens with one attached hydrogen (secondary N) is 1. The number of halogens is 1. The summed E-state index contributed by atoms with van der Waals surface area (Å²) in [6, 6.07) is 12.1. The van der Waals surface area contributed by atoms with Crippen LogP contribution < -0.4 is 5.32 Å². The quantitative estimate of drug-likeness (QED) is 0.589. The number of methoxy groups -OCH3 is 1. The van der Waals surface area contributed by atoms with Crippen molar-refractivity contribution in [2.75, 3.05) is 20.2 Å². The molecule has 33 heavy (non-hydrogen) atoms. The molecule has 0 saturated carbocycles. The van der Waals surface area contributed by atoms with Crippen molar-refractivity contribution >= 4 is 33.5 Å². The second-order valence-electron chi connectivity index (χ2n) is 8.65. The van der Waals surface area contributed by atoms with E-state index in [0.717, 1.165) is 6.42 Å². The predicted octanol–water partition coefficient (Wildman–Crippen LogP) is 4.04. The standard InChI is InChI=1S/C24H29ClN2O5S/c1-16-11-17(2)15-27(14-16)33(30,31)21-6-4-5-19(12-21)24(29)26-22(13-23(28)32-3)18-7-9-20(25)10-8-18/h4-10,12,16-17,22H,11,13-15H2,1-3H3,(H,26,29). The third-order valence-electron chi connectivity index (χ3n) is 5.75. The van der Waals surface area contributed by atoms with Crippen molar-refractivity contribution in [3.8, 4) is 0 Å². The minimum atomic E-state index is -3.73. The van der Waals surface area contributed by atoms with Gasteiger partial charge in [-0.1, -0.05) is 43.6 Å². The number of nitrogens with zero attached hydrogens (tertiary/aromatic N) is 1. The molecule has 1 N–H and O–H groups in total. The number of hydrogen-bond acceptors (Lipinski definition) is 5. The molecule has 7 nitrogen and oxygen atoms in total. The topological polar surface area (TPSA) is 92.8 Å². The first-order chi connectivity index (χ1) is 15.6. The number of carbonyl (C=O) groups excluding carboxylic acids is 2. The largest absolute Gasteiger partial charge is 0.469 e. The first-order valence-corrected chi connectivity index (χ1v) is 12.6. The zero-order valence-corrected chi connectivity index (χ0v) is 20.5. The maximum absolute atomic E-state index is 13.2. The first-order valence-electron chi connectivity index (χ1n) is 10.8. The van der Waals surface area contributed by atoms with Crippen molar-refractivity contribution in [3.05, 3.63) is 64.7 Å². The lowest BCUT2D eigenvalue weighted by Crippen LogP contribution is -2.42. The number of piperidine rings is 1. The van der Waals surface area contributed by atoms with Crippen LogP contribution in [0, 0.1) is 11.8 Å². The van der Waals surface area contributed by atoms with Crippen LogP contribution in [-0.4, -0.2) is 44.8 Å². The summed E-state index contributed by atoms with van der Waals surface area (Å²) in [5.74, 6) is -0.432. The maximum Gasteiger partial charge on any atom is 0.307 e. The summed E-state index contributed by atoms with van der Waals surface area (Å²) in [5, 5.41) is 3.34. The molecule has 2 aromatic carbocycles. The summed E-state index contributed by atoms with van der Waals surface area (Å²) < 4.78 is 32.7. The zero-order chi connectivity index (χ0) is 24.2. The third-order valence-corrected chi connectivity index (χ3v) is 7.83. The molecule has 9 heteroatoms. The van der Waals surface area contributed by atoms with Crippen molar-refractivity contribution in [3.63, 3.8) is 0 Å². The van der Waals surface area contributed by atoms with Crippen molar-refractivity contribution < 1.29 is 22.7 Å². The van der Waals surface area contributed by atoms with Crippen LogP contribution >= 0.6 is 11.6 Å². The van der Waals surface area contributed by atoms with Crippen molar-refractivity contribution in [1.82, 2.24) is 9.62 Å². The van der Waals surface area contributed by atoms with Gasteiger partial charge in [0, 0.05) is 23.7 Å². The van der Waals surface area contributed by atoms with Crippen molar-refractivity contribution in [2.45, 2.75) is 37.6 Å². The minimum Gasteiger partial charge on any atom is -0.469 e. The molecule has 0 bridgehead atoms. The molecule has 1 amide bonds. The van der Waals surface area contributed by atoms with Gasteiger partial charge in [-0.25, -0.2) is 8.42 Å². The highest BCUT2D eigenvalue weighted by molar-refractivity contribution is 7.89. The molecule has 1 aliphatic heterocycles. The van der Waals surface area contributed by atoms with Gasteiger partial charge in [-0.05, 0) is 54.2 Å². The summed E-state index contributed by atoms with van der Waals surface area (Å²) >= 11 is 5.95. The number of rotatable bonds is 7. The summed E-state index contributed by atoms with van der Waals surface area (Å²) in [7, 11) is -2.45. The fourth-order valence-corrected chi connectivity index (χ4v) is 6.04. The fourth-order valence-electron chi connectivity index (χ4n) is 4.19. The second-order valence-corrected chi connectivity index (χ2v) is 11.0. The van der Waals surface area contributed by atoms with Crippen LogP contribution in [0.2, 0.25) is 5.02 Å². The molecule has 3 rings (SSSR count). The molecular weight excluding hydrogens is 464 g/mol. The number of carbonyl (C=O) groups is 2. The van der Waals surface area contributed by atoms with Crippen LogP contribution in [0.1, 0.15) is 48.7 Å². The Balaban J connectivity index is 1.83.